The van der Waals surface area contributed by atoms with E-state index < -0.39 is 0 Å². The molecule has 2 heterocycles. The molecule has 2 aromatic heterocycles. The highest BCUT2D eigenvalue weighted by molar-refractivity contribution is 7.80. The summed E-state index contributed by atoms with van der Waals surface area (Å²) < 4.78 is 0. The third-order valence-corrected chi connectivity index (χ3v) is 3.10. The second-order valence-corrected chi connectivity index (χ2v) is 5.04. The molecule has 0 aromatic carbocycles. The van der Waals surface area contributed by atoms with Gasteiger partial charge in [0, 0.05) is 38.1 Å². The van der Waals surface area contributed by atoms with Crippen molar-refractivity contribution < 1.29 is 4.79 Å². The van der Waals surface area contributed by atoms with Crippen molar-refractivity contribution in [1.29, 1.82) is 0 Å². The highest BCUT2D eigenvalue weighted by Crippen LogP contribution is 2.08. The lowest BCUT2D eigenvalue weighted by Gasteiger charge is -2.22. The molecule has 0 saturated carbocycles. The summed E-state index contributed by atoms with van der Waals surface area (Å²) in [4.78, 5) is 22.7. The van der Waals surface area contributed by atoms with E-state index >= 15 is 0 Å². The fraction of sp³-hybridized carbons (Fsp3) is 0.200. The van der Waals surface area contributed by atoms with Crippen molar-refractivity contribution in [2.75, 3.05) is 6.54 Å². The van der Waals surface area contributed by atoms with E-state index in [1.165, 1.54) is 0 Å². The van der Waals surface area contributed by atoms with Crippen molar-refractivity contribution >= 4 is 23.1 Å². The summed E-state index contributed by atoms with van der Waals surface area (Å²) in [7, 11) is 0. The van der Waals surface area contributed by atoms with E-state index in [-0.39, 0.29) is 5.91 Å². The van der Waals surface area contributed by atoms with Crippen LogP contribution in [0.2, 0.25) is 0 Å². The zero-order chi connectivity index (χ0) is 15.1. The number of carbonyl (C=O) groups excluding carboxylic acids is 1. The van der Waals surface area contributed by atoms with Gasteiger partial charge >= 0.3 is 0 Å². The van der Waals surface area contributed by atoms with Crippen LogP contribution >= 0.6 is 12.2 Å². The van der Waals surface area contributed by atoms with Crippen LogP contribution in [0.3, 0.4) is 0 Å². The Morgan fingerprint density at radius 3 is 2.71 bits per heavy atom. The van der Waals surface area contributed by atoms with E-state index in [4.69, 9.17) is 18.0 Å². The maximum absolute atomic E-state index is 12.5. The number of hydrogen-bond acceptors (Lipinski definition) is 4. The van der Waals surface area contributed by atoms with Gasteiger partial charge in [0.05, 0.1) is 4.99 Å². The number of nitrogens with two attached hydrogens (primary N) is 1. The first kappa shape index (κ1) is 15.1. The molecule has 108 valence electrons. The van der Waals surface area contributed by atoms with Gasteiger partial charge in [0.1, 0.15) is 5.69 Å². The monoisotopic (exact) mass is 300 g/mol. The highest BCUT2D eigenvalue weighted by atomic mass is 32.1. The number of thiocarbonyl (C=S) groups is 1. The number of amides is 1. The van der Waals surface area contributed by atoms with E-state index in [2.05, 4.69) is 9.97 Å². The lowest BCUT2D eigenvalue weighted by molar-refractivity contribution is 0.0742. The van der Waals surface area contributed by atoms with Crippen molar-refractivity contribution in [3.05, 3.63) is 60.2 Å². The predicted octanol–water partition coefficient (Wildman–Crippen LogP) is 1.80. The molecule has 0 saturated heterocycles. The summed E-state index contributed by atoms with van der Waals surface area (Å²) in [5.74, 6) is -0.143. The number of hydrogen-bond donors (Lipinski definition) is 1. The molecule has 1 amide bonds. The normalized spacial score (nSPS) is 10.1. The van der Waals surface area contributed by atoms with Crippen molar-refractivity contribution in [3.63, 3.8) is 0 Å². The maximum Gasteiger partial charge on any atom is 0.272 e. The van der Waals surface area contributed by atoms with Crippen LogP contribution in [-0.2, 0) is 6.54 Å². The van der Waals surface area contributed by atoms with Crippen LogP contribution in [-0.4, -0.2) is 32.3 Å². The first-order chi connectivity index (χ1) is 10.2. The van der Waals surface area contributed by atoms with Gasteiger partial charge in [-0.1, -0.05) is 24.4 Å². The lowest BCUT2D eigenvalue weighted by atomic mass is 10.2. The molecule has 2 N–H and O–H groups in total. The largest absolute Gasteiger partial charge is 0.393 e. The Labute approximate surface area is 128 Å². The molecule has 0 radical (unpaired) electrons. The fourth-order valence-corrected chi connectivity index (χ4v) is 1.95. The number of carbonyl (C=O) groups is 1. The number of rotatable bonds is 6. The molecular formula is C15H16N4OS. The Hall–Kier alpha value is -2.34. The highest BCUT2D eigenvalue weighted by Gasteiger charge is 2.17. The minimum absolute atomic E-state index is 0.143. The Morgan fingerprint density at radius 2 is 2.10 bits per heavy atom. The van der Waals surface area contributed by atoms with Crippen LogP contribution in [0.4, 0.5) is 0 Å². The molecule has 0 spiro atoms. The summed E-state index contributed by atoms with van der Waals surface area (Å²) in [5, 5.41) is 0. The summed E-state index contributed by atoms with van der Waals surface area (Å²) in [6, 6.07) is 9.02. The lowest BCUT2D eigenvalue weighted by Crippen LogP contribution is -2.33. The van der Waals surface area contributed by atoms with Crippen molar-refractivity contribution in [1.82, 2.24) is 14.9 Å². The van der Waals surface area contributed by atoms with Gasteiger partial charge < -0.3 is 10.6 Å². The average Bonchev–Trinajstić information content (AvgIpc) is 2.52. The maximum atomic E-state index is 12.5. The molecule has 0 aliphatic carbocycles. The van der Waals surface area contributed by atoms with E-state index in [1.807, 2.05) is 12.1 Å². The molecule has 2 aromatic rings. The molecule has 21 heavy (non-hydrogen) atoms. The summed E-state index contributed by atoms with van der Waals surface area (Å²) in [6.07, 6.45) is 5.51. The van der Waals surface area contributed by atoms with E-state index in [1.54, 1.807) is 41.7 Å². The quantitative estimate of drug-likeness (QED) is 0.824. The van der Waals surface area contributed by atoms with Crippen LogP contribution in [0, 0.1) is 0 Å². The number of pyridine rings is 2. The Morgan fingerprint density at radius 1 is 1.24 bits per heavy atom. The van der Waals surface area contributed by atoms with Gasteiger partial charge in [-0.05, 0) is 23.8 Å². The molecule has 0 unspecified atom stereocenters. The fourth-order valence-electron chi connectivity index (χ4n) is 1.86. The average molecular weight is 300 g/mol. The second kappa shape index (κ2) is 7.44. The van der Waals surface area contributed by atoms with E-state index in [9.17, 15) is 4.79 Å². The predicted molar refractivity (Wildman–Crippen MR) is 84.6 cm³/mol. The summed E-state index contributed by atoms with van der Waals surface area (Å²) >= 11 is 4.89. The Bertz CT molecular complexity index is 604. The third-order valence-electron chi connectivity index (χ3n) is 2.90. The number of aromatic nitrogens is 2. The molecule has 5 nitrogen and oxygen atoms in total. The van der Waals surface area contributed by atoms with Gasteiger partial charge in [-0.25, -0.2) is 0 Å². The summed E-state index contributed by atoms with van der Waals surface area (Å²) in [6.45, 7) is 0.908. The van der Waals surface area contributed by atoms with Crippen LogP contribution in [0.1, 0.15) is 22.5 Å². The van der Waals surface area contributed by atoms with Gasteiger partial charge in [-0.3, -0.25) is 14.8 Å². The molecule has 2 rings (SSSR count). The van der Waals surface area contributed by atoms with Gasteiger partial charge in [0.15, 0.2) is 0 Å². The number of nitrogens with zero attached hydrogens (tertiary/aromatic N) is 3. The Kier molecular flexibility index (Phi) is 5.34. The van der Waals surface area contributed by atoms with Crippen LogP contribution in [0.25, 0.3) is 0 Å². The standard InChI is InChI=1S/C15H16N4OS/c16-14(21)6-9-19(11-12-4-3-7-17-10-12)15(20)13-5-1-2-8-18-13/h1-5,7-8,10H,6,9,11H2,(H2,16,21). The zero-order valence-corrected chi connectivity index (χ0v) is 12.3. The molecule has 0 fully saturated rings. The van der Waals surface area contributed by atoms with Crippen molar-refractivity contribution in [2.45, 2.75) is 13.0 Å². The van der Waals surface area contributed by atoms with E-state index in [0.717, 1.165) is 5.56 Å². The van der Waals surface area contributed by atoms with Gasteiger partial charge in [0.25, 0.3) is 5.91 Å². The van der Waals surface area contributed by atoms with Crippen molar-refractivity contribution in [3.8, 4) is 0 Å². The van der Waals surface area contributed by atoms with Crippen molar-refractivity contribution in [2.24, 2.45) is 5.73 Å². The van der Waals surface area contributed by atoms with Gasteiger partial charge in [0.2, 0.25) is 0 Å². The van der Waals surface area contributed by atoms with E-state index in [0.29, 0.717) is 30.2 Å². The third kappa shape index (κ3) is 4.61. The summed E-state index contributed by atoms with van der Waals surface area (Å²) in [5.41, 5.74) is 6.89. The zero-order valence-electron chi connectivity index (χ0n) is 11.5. The molecule has 0 atom stereocenters. The van der Waals surface area contributed by atoms with Crippen LogP contribution < -0.4 is 5.73 Å². The van der Waals surface area contributed by atoms with Gasteiger partial charge in [-0.2, -0.15) is 0 Å². The SMILES string of the molecule is NC(=S)CCN(Cc1cccnc1)C(=O)c1ccccn1. The molecular weight excluding hydrogens is 284 g/mol. The van der Waals surface area contributed by atoms with Crippen LogP contribution in [0.5, 0.6) is 0 Å². The molecule has 0 bridgehead atoms. The molecule has 0 aliphatic rings. The van der Waals surface area contributed by atoms with Gasteiger partial charge in [-0.15, -0.1) is 0 Å². The second-order valence-electron chi connectivity index (χ2n) is 4.52. The minimum atomic E-state index is -0.143. The smallest absolute Gasteiger partial charge is 0.272 e. The topological polar surface area (TPSA) is 72.1 Å². The van der Waals surface area contributed by atoms with Crippen LogP contribution in [0.15, 0.2) is 48.9 Å². The Balaban J connectivity index is 2.15. The minimum Gasteiger partial charge on any atom is -0.393 e. The molecule has 6 heteroatoms. The first-order valence-electron chi connectivity index (χ1n) is 6.54. The first-order valence-corrected chi connectivity index (χ1v) is 6.95. The molecule has 0 aliphatic heterocycles.